The molecule has 3 aromatic carbocycles. The third-order valence-corrected chi connectivity index (χ3v) is 4.92. The fourth-order valence-corrected chi connectivity index (χ4v) is 3.43. The molecule has 0 aromatic heterocycles. The summed E-state index contributed by atoms with van der Waals surface area (Å²) in [5.41, 5.74) is 3.14. The van der Waals surface area contributed by atoms with Gasteiger partial charge in [-0.25, -0.2) is 0 Å². The SMILES string of the molecule is COc1cccc(/C=C2\Oc3cc(OCc4ccccc4OC)cc(C)c3C2=O)c1. The first-order valence-electron chi connectivity index (χ1n) is 9.56. The fraction of sp³-hybridized carbons (Fsp3) is 0.160. The number of ether oxygens (including phenoxy) is 4. The molecule has 0 radical (unpaired) electrons. The number of benzene rings is 3. The van der Waals surface area contributed by atoms with Crippen molar-refractivity contribution in [3.8, 4) is 23.0 Å². The molecule has 3 aromatic rings. The molecule has 1 heterocycles. The van der Waals surface area contributed by atoms with Gasteiger partial charge in [0.1, 0.15) is 29.6 Å². The molecule has 0 saturated carbocycles. The van der Waals surface area contributed by atoms with Crippen LogP contribution in [0, 0.1) is 6.92 Å². The first-order chi connectivity index (χ1) is 14.6. The Morgan fingerprint density at radius 2 is 1.77 bits per heavy atom. The molecule has 4 rings (SSSR count). The van der Waals surface area contributed by atoms with Gasteiger partial charge in [-0.15, -0.1) is 0 Å². The summed E-state index contributed by atoms with van der Waals surface area (Å²) in [6.45, 7) is 2.23. The molecule has 0 spiro atoms. The van der Waals surface area contributed by atoms with E-state index in [0.29, 0.717) is 23.7 Å². The van der Waals surface area contributed by atoms with Crippen molar-refractivity contribution < 1.29 is 23.7 Å². The maximum Gasteiger partial charge on any atom is 0.232 e. The lowest BCUT2D eigenvalue weighted by atomic mass is 10.0. The Morgan fingerprint density at radius 3 is 2.57 bits per heavy atom. The molecule has 5 nitrogen and oxygen atoms in total. The molecule has 0 N–H and O–H groups in total. The van der Waals surface area contributed by atoms with E-state index in [2.05, 4.69) is 0 Å². The number of aryl methyl sites for hydroxylation is 1. The molecule has 0 amide bonds. The van der Waals surface area contributed by atoms with Crippen molar-refractivity contribution in [1.29, 1.82) is 0 Å². The molecule has 0 aliphatic carbocycles. The van der Waals surface area contributed by atoms with Gasteiger partial charge in [-0.05, 0) is 48.4 Å². The van der Waals surface area contributed by atoms with Gasteiger partial charge in [0, 0.05) is 11.6 Å². The Kier molecular flexibility index (Phi) is 5.44. The van der Waals surface area contributed by atoms with Crippen molar-refractivity contribution in [3.05, 3.63) is 88.7 Å². The monoisotopic (exact) mass is 402 g/mol. The van der Waals surface area contributed by atoms with Crippen LogP contribution in [0.15, 0.2) is 66.4 Å². The average Bonchev–Trinajstić information content (AvgIpc) is 3.08. The number of Topliss-reactive ketones (excluding diaryl/α,β-unsaturated/α-hetero) is 1. The second-order valence-electron chi connectivity index (χ2n) is 6.93. The fourth-order valence-electron chi connectivity index (χ4n) is 3.43. The van der Waals surface area contributed by atoms with E-state index in [-0.39, 0.29) is 11.5 Å². The van der Waals surface area contributed by atoms with E-state index in [4.69, 9.17) is 18.9 Å². The van der Waals surface area contributed by atoms with Gasteiger partial charge in [-0.1, -0.05) is 30.3 Å². The normalized spacial score (nSPS) is 13.7. The maximum atomic E-state index is 12.9. The first-order valence-corrected chi connectivity index (χ1v) is 9.56. The van der Waals surface area contributed by atoms with E-state index in [1.807, 2.05) is 61.5 Å². The summed E-state index contributed by atoms with van der Waals surface area (Å²) >= 11 is 0. The largest absolute Gasteiger partial charge is 0.497 e. The molecule has 0 unspecified atom stereocenters. The highest BCUT2D eigenvalue weighted by atomic mass is 16.5. The van der Waals surface area contributed by atoms with E-state index >= 15 is 0 Å². The lowest BCUT2D eigenvalue weighted by Gasteiger charge is -2.11. The van der Waals surface area contributed by atoms with Crippen molar-refractivity contribution in [3.63, 3.8) is 0 Å². The summed E-state index contributed by atoms with van der Waals surface area (Å²) in [4.78, 5) is 12.9. The number of methoxy groups -OCH3 is 2. The van der Waals surface area contributed by atoms with E-state index < -0.39 is 0 Å². The smallest absolute Gasteiger partial charge is 0.232 e. The van der Waals surface area contributed by atoms with Crippen molar-refractivity contribution in [2.75, 3.05) is 14.2 Å². The summed E-state index contributed by atoms with van der Waals surface area (Å²) in [7, 11) is 3.24. The molecule has 30 heavy (non-hydrogen) atoms. The number of fused-ring (bicyclic) bond motifs is 1. The zero-order valence-corrected chi connectivity index (χ0v) is 17.1. The van der Waals surface area contributed by atoms with Gasteiger partial charge in [0.25, 0.3) is 0 Å². The minimum absolute atomic E-state index is 0.137. The molecular formula is C25H22O5. The van der Waals surface area contributed by atoms with Crippen LogP contribution in [0.2, 0.25) is 0 Å². The summed E-state index contributed by atoms with van der Waals surface area (Å²) in [5.74, 6) is 2.77. The van der Waals surface area contributed by atoms with Crippen molar-refractivity contribution >= 4 is 11.9 Å². The minimum atomic E-state index is -0.137. The number of allylic oxidation sites excluding steroid dienone is 1. The lowest BCUT2D eigenvalue weighted by molar-refractivity contribution is 0.101. The Hall–Kier alpha value is -3.73. The van der Waals surface area contributed by atoms with Gasteiger partial charge in [0.2, 0.25) is 5.78 Å². The molecule has 0 atom stereocenters. The zero-order chi connectivity index (χ0) is 21.1. The van der Waals surface area contributed by atoms with Crippen molar-refractivity contribution in [2.45, 2.75) is 13.5 Å². The Balaban J connectivity index is 1.57. The Labute approximate surface area is 175 Å². The highest BCUT2D eigenvalue weighted by molar-refractivity contribution is 6.15. The number of ketones is 1. The molecule has 5 heteroatoms. The van der Waals surface area contributed by atoms with Crippen LogP contribution in [0.4, 0.5) is 0 Å². The van der Waals surface area contributed by atoms with Crippen molar-refractivity contribution in [2.24, 2.45) is 0 Å². The maximum absolute atomic E-state index is 12.9. The second-order valence-corrected chi connectivity index (χ2v) is 6.93. The van der Waals surface area contributed by atoms with Crippen LogP contribution < -0.4 is 18.9 Å². The first kappa shape index (κ1) is 19.6. The van der Waals surface area contributed by atoms with Crippen LogP contribution in [0.25, 0.3) is 6.08 Å². The quantitative estimate of drug-likeness (QED) is 0.530. The Morgan fingerprint density at radius 1 is 0.933 bits per heavy atom. The number of hydrogen-bond donors (Lipinski definition) is 0. The number of para-hydroxylation sites is 1. The molecule has 1 aliphatic rings. The molecule has 152 valence electrons. The van der Waals surface area contributed by atoms with Gasteiger partial charge in [-0.3, -0.25) is 4.79 Å². The summed E-state index contributed by atoms with van der Waals surface area (Å²) in [6.07, 6.45) is 1.72. The predicted molar refractivity (Wildman–Crippen MR) is 114 cm³/mol. The topological polar surface area (TPSA) is 54.0 Å². The van der Waals surface area contributed by atoms with Crippen LogP contribution in [0.3, 0.4) is 0 Å². The van der Waals surface area contributed by atoms with Crippen LogP contribution >= 0.6 is 0 Å². The van der Waals surface area contributed by atoms with Crippen LogP contribution in [0.1, 0.15) is 27.0 Å². The number of rotatable bonds is 6. The van der Waals surface area contributed by atoms with Gasteiger partial charge >= 0.3 is 0 Å². The highest BCUT2D eigenvalue weighted by Gasteiger charge is 2.30. The Bertz CT molecular complexity index is 1130. The van der Waals surface area contributed by atoms with E-state index in [0.717, 1.165) is 28.2 Å². The van der Waals surface area contributed by atoms with E-state index in [1.54, 1.807) is 26.4 Å². The standard InChI is InChI=1S/C25H22O5/c1-16-11-20(29-15-18-8-4-5-10-21(18)28-3)14-22-24(16)25(26)23(30-22)13-17-7-6-9-19(12-17)27-2/h4-14H,15H2,1-3H3/b23-13-. The van der Waals surface area contributed by atoms with Gasteiger partial charge in [0.05, 0.1) is 19.8 Å². The van der Waals surface area contributed by atoms with Crippen LogP contribution in [-0.4, -0.2) is 20.0 Å². The van der Waals surface area contributed by atoms with E-state index in [9.17, 15) is 4.79 Å². The van der Waals surface area contributed by atoms with E-state index in [1.165, 1.54) is 0 Å². The summed E-state index contributed by atoms with van der Waals surface area (Å²) in [6, 6.07) is 18.8. The van der Waals surface area contributed by atoms with Crippen LogP contribution in [-0.2, 0) is 6.61 Å². The van der Waals surface area contributed by atoms with Gasteiger partial charge < -0.3 is 18.9 Å². The minimum Gasteiger partial charge on any atom is -0.497 e. The highest BCUT2D eigenvalue weighted by Crippen LogP contribution is 2.38. The molecule has 0 fully saturated rings. The average molecular weight is 402 g/mol. The number of carbonyl (C=O) groups excluding carboxylic acids is 1. The van der Waals surface area contributed by atoms with Gasteiger partial charge in [-0.2, -0.15) is 0 Å². The van der Waals surface area contributed by atoms with Crippen molar-refractivity contribution in [1.82, 2.24) is 0 Å². The second kappa shape index (κ2) is 8.33. The molecule has 0 bridgehead atoms. The predicted octanol–water partition coefficient (Wildman–Crippen LogP) is 5.21. The molecule has 1 aliphatic heterocycles. The zero-order valence-electron chi connectivity index (χ0n) is 17.1. The lowest BCUT2D eigenvalue weighted by Crippen LogP contribution is -2.00. The van der Waals surface area contributed by atoms with Crippen LogP contribution in [0.5, 0.6) is 23.0 Å². The summed E-state index contributed by atoms with van der Waals surface area (Å²) in [5, 5.41) is 0. The molecule has 0 saturated heterocycles. The number of hydrogen-bond acceptors (Lipinski definition) is 5. The summed E-state index contributed by atoms with van der Waals surface area (Å²) < 4.78 is 22.4. The third kappa shape index (κ3) is 3.87. The van der Waals surface area contributed by atoms with Gasteiger partial charge in [0.15, 0.2) is 5.76 Å². The third-order valence-electron chi connectivity index (χ3n) is 4.92. The number of carbonyl (C=O) groups is 1. The molecular weight excluding hydrogens is 380 g/mol.